The molecule has 0 unspecified atom stereocenters. The lowest BCUT2D eigenvalue weighted by Crippen LogP contribution is -2.35. The van der Waals surface area contributed by atoms with Crippen LogP contribution in [0.5, 0.6) is 0 Å². The molecule has 2 rings (SSSR count). The Labute approximate surface area is 150 Å². The minimum atomic E-state index is -1.03. The summed E-state index contributed by atoms with van der Waals surface area (Å²) in [7, 11) is 0. The Morgan fingerprint density at radius 1 is 1.17 bits per heavy atom. The summed E-state index contributed by atoms with van der Waals surface area (Å²) in [6.45, 7) is 8.24. The molecule has 1 aliphatic heterocycles. The first-order chi connectivity index (χ1) is 11.3. The van der Waals surface area contributed by atoms with Crippen LogP contribution in [-0.2, 0) is 19.9 Å². The standard InChI is InChI=1S/C20H29ClO3/c1-5-6-7-8-9-13-20(15-11-10-12-16(21)14-15)17(22)23-18(24-20)19(2,3)4/h10-12,14,18H,5-9,13H2,1-4H3/t18-,20+/m1/s1. The highest BCUT2D eigenvalue weighted by Crippen LogP contribution is 2.44. The summed E-state index contributed by atoms with van der Waals surface area (Å²) in [5.41, 5.74) is -0.505. The van der Waals surface area contributed by atoms with Gasteiger partial charge in [0.15, 0.2) is 5.60 Å². The molecule has 134 valence electrons. The molecule has 1 heterocycles. The van der Waals surface area contributed by atoms with Gasteiger partial charge < -0.3 is 9.47 Å². The van der Waals surface area contributed by atoms with Gasteiger partial charge in [0.05, 0.1) is 0 Å². The van der Waals surface area contributed by atoms with Crippen molar-refractivity contribution in [1.29, 1.82) is 0 Å². The van der Waals surface area contributed by atoms with E-state index in [-0.39, 0.29) is 11.4 Å². The van der Waals surface area contributed by atoms with Crippen molar-refractivity contribution in [2.75, 3.05) is 0 Å². The summed E-state index contributed by atoms with van der Waals surface area (Å²) < 4.78 is 11.9. The zero-order chi connectivity index (χ0) is 17.8. The predicted molar refractivity (Wildman–Crippen MR) is 96.9 cm³/mol. The van der Waals surface area contributed by atoms with E-state index in [1.54, 1.807) is 0 Å². The third-order valence-electron chi connectivity index (χ3n) is 4.48. The first kappa shape index (κ1) is 19.3. The summed E-state index contributed by atoms with van der Waals surface area (Å²) in [6.07, 6.45) is 5.71. The Kier molecular flexibility index (Phi) is 6.33. The number of cyclic esters (lactones) is 1. The van der Waals surface area contributed by atoms with Crippen molar-refractivity contribution in [3.05, 3.63) is 34.9 Å². The summed E-state index contributed by atoms with van der Waals surface area (Å²) in [5.74, 6) is -0.291. The molecule has 1 aromatic rings. The minimum Gasteiger partial charge on any atom is -0.433 e. The van der Waals surface area contributed by atoms with Gasteiger partial charge in [-0.05, 0) is 30.5 Å². The van der Waals surface area contributed by atoms with E-state index in [1.165, 1.54) is 19.3 Å². The molecule has 1 aromatic carbocycles. The minimum absolute atomic E-state index is 0.266. The molecule has 0 radical (unpaired) electrons. The Bertz CT molecular complexity index is 564. The zero-order valence-electron chi connectivity index (χ0n) is 15.2. The van der Waals surface area contributed by atoms with Crippen LogP contribution in [-0.4, -0.2) is 12.3 Å². The van der Waals surface area contributed by atoms with Crippen LogP contribution in [0.15, 0.2) is 24.3 Å². The number of carbonyl (C=O) groups excluding carboxylic acids is 1. The van der Waals surface area contributed by atoms with Crippen molar-refractivity contribution in [3.8, 4) is 0 Å². The van der Waals surface area contributed by atoms with Crippen LogP contribution >= 0.6 is 11.6 Å². The van der Waals surface area contributed by atoms with Gasteiger partial charge in [0.2, 0.25) is 6.29 Å². The fourth-order valence-electron chi connectivity index (χ4n) is 3.01. The lowest BCUT2D eigenvalue weighted by Gasteiger charge is -2.29. The van der Waals surface area contributed by atoms with Crippen molar-refractivity contribution >= 4 is 17.6 Å². The predicted octanol–water partition coefficient (Wildman–Crippen LogP) is 5.84. The fraction of sp³-hybridized carbons (Fsp3) is 0.650. The van der Waals surface area contributed by atoms with E-state index in [9.17, 15) is 4.79 Å². The Hall–Kier alpha value is -1.06. The summed E-state index contributed by atoms with van der Waals surface area (Å²) >= 11 is 6.15. The second kappa shape index (κ2) is 7.88. The van der Waals surface area contributed by atoms with Crippen LogP contribution in [0.2, 0.25) is 5.02 Å². The van der Waals surface area contributed by atoms with Gasteiger partial charge in [-0.2, -0.15) is 0 Å². The molecule has 0 aromatic heterocycles. The van der Waals surface area contributed by atoms with E-state index in [0.717, 1.165) is 18.4 Å². The molecule has 0 spiro atoms. The largest absolute Gasteiger partial charge is 0.433 e. The van der Waals surface area contributed by atoms with Crippen LogP contribution in [0, 0.1) is 5.41 Å². The van der Waals surface area contributed by atoms with E-state index in [4.69, 9.17) is 21.1 Å². The van der Waals surface area contributed by atoms with Crippen LogP contribution in [0.25, 0.3) is 0 Å². The van der Waals surface area contributed by atoms with Gasteiger partial charge in [0.25, 0.3) is 0 Å². The molecule has 0 N–H and O–H groups in total. The first-order valence-corrected chi connectivity index (χ1v) is 9.32. The fourth-order valence-corrected chi connectivity index (χ4v) is 3.20. The maximum atomic E-state index is 12.8. The third kappa shape index (κ3) is 4.31. The molecule has 0 aliphatic carbocycles. The average molecular weight is 353 g/mol. The van der Waals surface area contributed by atoms with Crippen molar-refractivity contribution in [3.63, 3.8) is 0 Å². The van der Waals surface area contributed by atoms with E-state index in [0.29, 0.717) is 11.4 Å². The van der Waals surface area contributed by atoms with E-state index < -0.39 is 11.9 Å². The van der Waals surface area contributed by atoms with Crippen LogP contribution in [0.1, 0.15) is 71.8 Å². The summed E-state index contributed by atoms with van der Waals surface area (Å²) in [5, 5.41) is 0.605. The second-order valence-corrected chi connectivity index (χ2v) is 8.16. The number of esters is 1. The molecule has 2 atom stereocenters. The van der Waals surface area contributed by atoms with Crippen molar-refractivity contribution in [1.82, 2.24) is 0 Å². The lowest BCUT2D eigenvalue weighted by molar-refractivity contribution is -0.156. The number of hydrogen-bond acceptors (Lipinski definition) is 3. The smallest absolute Gasteiger partial charge is 0.345 e. The second-order valence-electron chi connectivity index (χ2n) is 7.72. The number of rotatable bonds is 7. The molecule has 1 fully saturated rings. The highest BCUT2D eigenvalue weighted by atomic mass is 35.5. The van der Waals surface area contributed by atoms with Crippen LogP contribution < -0.4 is 0 Å². The number of hydrogen-bond donors (Lipinski definition) is 0. The van der Waals surface area contributed by atoms with Crippen molar-refractivity contribution in [2.45, 2.75) is 78.1 Å². The average Bonchev–Trinajstić information content (AvgIpc) is 2.85. The van der Waals surface area contributed by atoms with Gasteiger partial charge in [-0.3, -0.25) is 0 Å². The molecule has 0 amide bonds. The molecular weight excluding hydrogens is 324 g/mol. The van der Waals surface area contributed by atoms with Gasteiger partial charge in [0, 0.05) is 10.4 Å². The van der Waals surface area contributed by atoms with Gasteiger partial charge in [0.1, 0.15) is 0 Å². The molecule has 4 heteroatoms. The number of ether oxygens (including phenoxy) is 2. The Morgan fingerprint density at radius 3 is 2.46 bits per heavy atom. The number of benzene rings is 1. The topological polar surface area (TPSA) is 35.5 Å². The highest BCUT2D eigenvalue weighted by Gasteiger charge is 2.54. The van der Waals surface area contributed by atoms with Crippen molar-refractivity contribution < 1.29 is 14.3 Å². The maximum Gasteiger partial charge on any atom is 0.345 e. The van der Waals surface area contributed by atoms with Gasteiger partial charge in [-0.25, -0.2) is 4.79 Å². The van der Waals surface area contributed by atoms with Gasteiger partial charge >= 0.3 is 5.97 Å². The molecule has 3 nitrogen and oxygen atoms in total. The monoisotopic (exact) mass is 352 g/mol. The van der Waals surface area contributed by atoms with Crippen molar-refractivity contribution in [2.24, 2.45) is 5.41 Å². The number of unbranched alkanes of at least 4 members (excludes halogenated alkanes) is 4. The van der Waals surface area contributed by atoms with Crippen LogP contribution in [0.3, 0.4) is 0 Å². The van der Waals surface area contributed by atoms with E-state index >= 15 is 0 Å². The van der Waals surface area contributed by atoms with Gasteiger partial charge in [-0.15, -0.1) is 0 Å². The van der Waals surface area contributed by atoms with Gasteiger partial charge in [-0.1, -0.05) is 77.1 Å². The van der Waals surface area contributed by atoms with E-state index in [1.807, 2.05) is 45.0 Å². The Morgan fingerprint density at radius 2 is 1.88 bits per heavy atom. The molecule has 24 heavy (non-hydrogen) atoms. The summed E-state index contributed by atoms with van der Waals surface area (Å²) in [6, 6.07) is 7.39. The SMILES string of the molecule is CCCCCCC[C@@]1(c2cccc(Cl)c2)O[C@H](C(C)(C)C)OC1=O. The van der Waals surface area contributed by atoms with E-state index in [2.05, 4.69) is 6.92 Å². The highest BCUT2D eigenvalue weighted by molar-refractivity contribution is 6.30. The normalized spacial score (nSPS) is 24.2. The molecule has 1 saturated heterocycles. The molecule has 0 bridgehead atoms. The first-order valence-electron chi connectivity index (χ1n) is 8.94. The third-order valence-corrected chi connectivity index (χ3v) is 4.72. The molecular formula is C20H29ClO3. The molecule has 1 aliphatic rings. The summed E-state index contributed by atoms with van der Waals surface area (Å²) in [4.78, 5) is 12.8. The molecule has 0 saturated carbocycles. The maximum absolute atomic E-state index is 12.8. The number of carbonyl (C=O) groups is 1. The Balaban J connectivity index is 2.24. The van der Waals surface area contributed by atoms with Crippen LogP contribution in [0.4, 0.5) is 0 Å². The lowest BCUT2D eigenvalue weighted by atomic mass is 9.88. The number of halogens is 1. The zero-order valence-corrected chi connectivity index (χ0v) is 16.0. The quantitative estimate of drug-likeness (QED) is 0.456.